The van der Waals surface area contributed by atoms with E-state index in [1.807, 2.05) is 0 Å². The molecule has 38 heavy (non-hydrogen) atoms. The molecule has 1 fully saturated rings. The molecule has 2 atom stereocenters. The lowest BCUT2D eigenvalue weighted by Gasteiger charge is -2.30. The van der Waals surface area contributed by atoms with Crippen molar-refractivity contribution in [3.63, 3.8) is 0 Å². The number of amides is 1. The van der Waals surface area contributed by atoms with Crippen molar-refractivity contribution in [1.29, 1.82) is 0 Å². The molecule has 1 aliphatic heterocycles. The van der Waals surface area contributed by atoms with E-state index in [1.54, 1.807) is 19.9 Å². The zero-order valence-electron chi connectivity index (χ0n) is 20.1. The van der Waals surface area contributed by atoms with Crippen LogP contribution >= 0.6 is 0 Å². The van der Waals surface area contributed by atoms with E-state index in [9.17, 15) is 35.5 Å². The highest BCUT2D eigenvalue weighted by atomic mass is 19.4. The first kappa shape index (κ1) is 27.4. The average molecular weight is 541 g/mol. The van der Waals surface area contributed by atoms with E-state index in [-0.39, 0.29) is 17.7 Å². The van der Waals surface area contributed by atoms with E-state index in [2.05, 4.69) is 15.0 Å². The summed E-state index contributed by atoms with van der Waals surface area (Å²) in [5.41, 5.74) is -1.27. The second kappa shape index (κ2) is 9.90. The van der Waals surface area contributed by atoms with E-state index in [0.29, 0.717) is 5.56 Å². The highest BCUT2D eigenvalue weighted by molar-refractivity contribution is 6.00. The number of halogens is 7. The van der Waals surface area contributed by atoms with Crippen LogP contribution in [-0.4, -0.2) is 23.3 Å². The summed E-state index contributed by atoms with van der Waals surface area (Å²) in [5.74, 6) is -1.55. The van der Waals surface area contributed by atoms with Crippen molar-refractivity contribution in [2.24, 2.45) is 0 Å². The second-order valence-corrected chi connectivity index (χ2v) is 9.27. The SMILES string of the molecule is CC(C)(NC1CC(c2ccccc2F)N(c2ccc(OC(F)(F)F)cc2)C1=O)c1ccc(C(F)(F)F)nc1. The molecule has 12 heteroatoms. The van der Waals surface area contributed by atoms with Crippen LogP contribution in [0.4, 0.5) is 36.4 Å². The van der Waals surface area contributed by atoms with Crippen LogP contribution in [0.25, 0.3) is 0 Å². The predicted octanol–water partition coefficient (Wildman–Crippen LogP) is 6.51. The molecule has 0 aliphatic carbocycles. The van der Waals surface area contributed by atoms with Crippen LogP contribution in [0.15, 0.2) is 66.9 Å². The number of rotatable bonds is 6. The molecule has 2 aromatic carbocycles. The lowest BCUT2D eigenvalue weighted by Crippen LogP contribution is -2.47. The van der Waals surface area contributed by atoms with Crippen LogP contribution in [-0.2, 0) is 16.5 Å². The summed E-state index contributed by atoms with van der Waals surface area (Å²) in [4.78, 5) is 18.3. The molecular formula is C26H22F7N3O2. The molecule has 0 saturated carbocycles. The van der Waals surface area contributed by atoms with Crippen LogP contribution in [0.2, 0.25) is 0 Å². The van der Waals surface area contributed by atoms with Crippen molar-refractivity contribution >= 4 is 11.6 Å². The minimum absolute atomic E-state index is 0.0814. The fraction of sp³-hybridized carbons (Fsp3) is 0.308. The number of nitrogens with zero attached hydrogens (tertiary/aromatic N) is 2. The maximum Gasteiger partial charge on any atom is 0.573 e. The Balaban J connectivity index is 1.64. The molecule has 0 radical (unpaired) electrons. The molecule has 0 spiro atoms. The number of nitrogens with one attached hydrogen (secondary N) is 1. The van der Waals surface area contributed by atoms with Gasteiger partial charge < -0.3 is 9.64 Å². The fourth-order valence-electron chi connectivity index (χ4n) is 4.45. The summed E-state index contributed by atoms with van der Waals surface area (Å²) in [7, 11) is 0. The van der Waals surface area contributed by atoms with Crippen LogP contribution < -0.4 is 15.0 Å². The number of ether oxygens (including phenoxy) is 1. The first-order valence-electron chi connectivity index (χ1n) is 11.4. The fourth-order valence-corrected chi connectivity index (χ4v) is 4.45. The van der Waals surface area contributed by atoms with Crippen LogP contribution in [0.1, 0.15) is 43.1 Å². The molecule has 4 rings (SSSR count). The van der Waals surface area contributed by atoms with Gasteiger partial charge in [-0.1, -0.05) is 24.3 Å². The smallest absolute Gasteiger partial charge is 0.406 e. The van der Waals surface area contributed by atoms with Crippen molar-refractivity contribution in [3.05, 3.63) is 89.5 Å². The molecular weight excluding hydrogens is 519 g/mol. The Labute approximate surface area is 213 Å². The molecule has 1 aromatic heterocycles. The number of anilines is 1. The molecule has 1 aliphatic rings. The van der Waals surface area contributed by atoms with Gasteiger partial charge in [-0.2, -0.15) is 13.2 Å². The summed E-state index contributed by atoms with van der Waals surface area (Å²) in [6, 6.07) is 10.8. The third-order valence-corrected chi connectivity index (χ3v) is 6.23. The molecule has 3 aromatic rings. The predicted molar refractivity (Wildman–Crippen MR) is 124 cm³/mol. The van der Waals surface area contributed by atoms with Crippen molar-refractivity contribution in [1.82, 2.24) is 10.3 Å². The van der Waals surface area contributed by atoms with Gasteiger partial charge in [-0.25, -0.2) is 4.39 Å². The van der Waals surface area contributed by atoms with Gasteiger partial charge in [-0.05, 0) is 62.2 Å². The molecule has 1 saturated heterocycles. The number of aromatic nitrogens is 1. The minimum atomic E-state index is -4.89. The summed E-state index contributed by atoms with van der Waals surface area (Å²) in [6.07, 6.45) is -8.35. The van der Waals surface area contributed by atoms with Crippen molar-refractivity contribution in [3.8, 4) is 5.75 Å². The highest BCUT2D eigenvalue weighted by Crippen LogP contribution is 2.40. The molecule has 1 amide bonds. The third kappa shape index (κ3) is 5.90. The maximum atomic E-state index is 14.8. The number of alkyl halides is 6. The topological polar surface area (TPSA) is 54.5 Å². The maximum absolute atomic E-state index is 14.8. The summed E-state index contributed by atoms with van der Waals surface area (Å²) < 4.78 is 95.1. The quantitative estimate of drug-likeness (QED) is 0.362. The van der Waals surface area contributed by atoms with Gasteiger partial charge in [0.25, 0.3) is 0 Å². The largest absolute Gasteiger partial charge is 0.573 e. The molecule has 202 valence electrons. The molecule has 0 bridgehead atoms. The first-order chi connectivity index (χ1) is 17.7. The lowest BCUT2D eigenvalue weighted by molar-refractivity contribution is -0.274. The van der Waals surface area contributed by atoms with Gasteiger partial charge in [0, 0.05) is 23.0 Å². The Bertz CT molecular complexity index is 1290. The number of hydrogen-bond donors (Lipinski definition) is 1. The van der Waals surface area contributed by atoms with E-state index >= 15 is 0 Å². The van der Waals surface area contributed by atoms with Crippen molar-refractivity contribution < 1.29 is 40.3 Å². The molecule has 1 N–H and O–H groups in total. The number of carbonyl (C=O) groups is 1. The zero-order valence-corrected chi connectivity index (χ0v) is 20.1. The summed E-state index contributed by atoms with van der Waals surface area (Å²) in [6.45, 7) is 3.32. The average Bonchev–Trinajstić information content (AvgIpc) is 3.13. The number of carbonyl (C=O) groups excluding carboxylic acids is 1. The van der Waals surface area contributed by atoms with Gasteiger partial charge in [0.05, 0.1) is 12.1 Å². The van der Waals surface area contributed by atoms with Gasteiger partial charge in [0.1, 0.15) is 17.3 Å². The number of hydrogen-bond acceptors (Lipinski definition) is 4. The van der Waals surface area contributed by atoms with Gasteiger partial charge in [-0.3, -0.25) is 15.1 Å². The van der Waals surface area contributed by atoms with Gasteiger partial charge in [0.15, 0.2) is 0 Å². The second-order valence-electron chi connectivity index (χ2n) is 9.27. The standard InChI is InChI=1S/C26H22F7N3O2/c1-24(2,15-7-12-22(34-14-15)25(28,29)30)35-20-13-21(18-5-3-4-6-19(18)27)36(23(20)37)16-8-10-17(11-9-16)38-26(31,32)33/h3-12,14,20-21,35H,13H2,1-2H3. The van der Waals surface area contributed by atoms with Crippen LogP contribution in [0.5, 0.6) is 5.75 Å². The van der Waals surface area contributed by atoms with Gasteiger partial charge >= 0.3 is 12.5 Å². The number of benzene rings is 2. The normalized spacial score (nSPS) is 18.7. The van der Waals surface area contributed by atoms with E-state index in [0.717, 1.165) is 24.4 Å². The van der Waals surface area contributed by atoms with Crippen LogP contribution in [0, 0.1) is 5.82 Å². The molecule has 2 heterocycles. The Morgan fingerprint density at radius 1 is 0.947 bits per heavy atom. The third-order valence-electron chi connectivity index (χ3n) is 6.23. The monoisotopic (exact) mass is 541 g/mol. The number of pyridine rings is 1. The van der Waals surface area contributed by atoms with E-state index < -0.39 is 53.3 Å². The van der Waals surface area contributed by atoms with Gasteiger partial charge in [-0.15, -0.1) is 13.2 Å². The Morgan fingerprint density at radius 2 is 1.61 bits per heavy atom. The highest BCUT2D eigenvalue weighted by Gasteiger charge is 2.44. The lowest BCUT2D eigenvalue weighted by atomic mass is 9.93. The Kier molecular flexibility index (Phi) is 7.13. The Hall–Kier alpha value is -3.67. The van der Waals surface area contributed by atoms with E-state index in [1.165, 1.54) is 41.3 Å². The summed E-state index contributed by atoms with van der Waals surface area (Å²) in [5, 5.41) is 3.13. The summed E-state index contributed by atoms with van der Waals surface area (Å²) >= 11 is 0. The van der Waals surface area contributed by atoms with Crippen molar-refractivity contribution in [2.75, 3.05) is 4.90 Å². The zero-order chi connectivity index (χ0) is 27.9. The molecule has 5 nitrogen and oxygen atoms in total. The molecule has 2 unspecified atom stereocenters. The van der Waals surface area contributed by atoms with Crippen LogP contribution in [0.3, 0.4) is 0 Å². The minimum Gasteiger partial charge on any atom is -0.406 e. The van der Waals surface area contributed by atoms with Gasteiger partial charge in [0.2, 0.25) is 5.91 Å². The van der Waals surface area contributed by atoms with E-state index in [4.69, 9.17) is 0 Å². The Morgan fingerprint density at radius 3 is 2.16 bits per heavy atom. The first-order valence-corrected chi connectivity index (χ1v) is 11.4. The van der Waals surface area contributed by atoms with Crippen molar-refractivity contribution in [2.45, 2.75) is 50.4 Å².